The fourth-order valence-electron chi connectivity index (χ4n) is 0.918. The largest absolute Gasteiger partial charge is 0.405 e. The summed E-state index contributed by atoms with van der Waals surface area (Å²) in [6.45, 7) is 6.55. The molecule has 0 atom stereocenters. The Morgan fingerprint density at radius 2 is 2.09 bits per heavy atom. The van der Waals surface area contributed by atoms with Gasteiger partial charge in [-0.05, 0) is 30.2 Å². The summed E-state index contributed by atoms with van der Waals surface area (Å²) in [6, 6.07) is 0. The Kier molecular flexibility index (Phi) is 5.63. The molecule has 0 saturated heterocycles. The van der Waals surface area contributed by atoms with E-state index in [1.54, 1.807) is 6.20 Å². The van der Waals surface area contributed by atoms with Crippen LogP contribution >= 0.6 is 0 Å². The third-order valence-corrected chi connectivity index (χ3v) is 1.62. The fourth-order valence-corrected chi connectivity index (χ4v) is 0.918. The predicted octanol–water partition coefficient (Wildman–Crippen LogP) is 2.84. The molecule has 1 heteroatoms. The molecule has 0 fully saturated rings. The fraction of sp³-hybridized carbons (Fsp3) is 0.600. The summed E-state index contributed by atoms with van der Waals surface area (Å²) >= 11 is 0. The number of allylic oxidation sites excluding steroid dienone is 3. The van der Waals surface area contributed by atoms with Crippen molar-refractivity contribution in [3.8, 4) is 0 Å². The average Bonchev–Trinajstić information content (AvgIpc) is 1.97. The molecule has 0 aliphatic heterocycles. The number of hydrogen-bond acceptors (Lipinski definition) is 1. The molecular weight excluding hydrogens is 134 g/mol. The van der Waals surface area contributed by atoms with Crippen LogP contribution < -0.4 is 5.73 Å². The first-order chi connectivity index (χ1) is 5.22. The van der Waals surface area contributed by atoms with Gasteiger partial charge in [0, 0.05) is 0 Å². The molecule has 0 bridgehead atoms. The molecule has 0 aromatic rings. The molecule has 0 amide bonds. The van der Waals surface area contributed by atoms with Gasteiger partial charge in [0.05, 0.1) is 0 Å². The van der Waals surface area contributed by atoms with E-state index in [0.717, 1.165) is 6.42 Å². The van der Waals surface area contributed by atoms with Gasteiger partial charge < -0.3 is 5.73 Å². The molecule has 64 valence electrons. The minimum absolute atomic E-state index is 0.585. The van der Waals surface area contributed by atoms with Crippen LogP contribution in [0.2, 0.25) is 0 Å². The zero-order chi connectivity index (χ0) is 8.69. The van der Waals surface area contributed by atoms with Crippen molar-refractivity contribution in [2.75, 3.05) is 0 Å². The maximum atomic E-state index is 5.32. The molecule has 0 radical (unpaired) electrons. The van der Waals surface area contributed by atoms with Crippen LogP contribution in [0.1, 0.15) is 33.6 Å². The molecule has 0 spiro atoms. The van der Waals surface area contributed by atoms with E-state index >= 15 is 0 Å². The van der Waals surface area contributed by atoms with Crippen LogP contribution in [0.3, 0.4) is 0 Å². The molecule has 0 aromatic heterocycles. The second-order valence-electron chi connectivity index (χ2n) is 3.01. The molecule has 0 aliphatic carbocycles. The van der Waals surface area contributed by atoms with Crippen molar-refractivity contribution in [2.45, 2.75) is 33.6 Å². The molecule has 2 N–H and O–H groups in total. The summed E-state index contributed by atoms with van der Waals surface area (Å²) in [6.07, 6.45) is 8.21. The third kappa shape index (κ3) is 4.65. The van der Waals surface area contributed by atoms with Gasteiger partial charge in [0.2, 0.25) is 0 Å². The molecule has 0 aliphatic rings. The van der Waals surface area contributed by atoms with Crippen LogP contribution in [0.5, 0.6) is 0 Å². The lowest BCUT2D eigenvalue weighted by molar-refractivity contribution is 0.778. The summed E-state index contributed by atoms with van der Waals surface area (Å²) < 4.78 is 0. The summed E-state index contributed by atoms with van der Waals surface area (Å²) in [7, 11) is 0. The van der Waals surface area contributed by atoms with E-state index in [-0.39, 0.29) is 0 Å². The van der Waals surface area contributed by atoms with Gasteiger partial charge in [0.15, 0.2) is 0 Å². The summed E-state index contributed by atoms with van der Waals surface area (Å²) in [5.41, 5.74) is 6.66. The molecule has 0 rings (SSSR count). The lowest BCUT2D eigenvalue weighted by atomic mass is 10.0. The van der Waals surface area contributed by atoms with Gasteiger partial charge in [-0.25, -0.2) is 0 Å². The molecule has 1 nitrogen and oxygen atoms in total. The second kappa shape index (κ2) is 6.02. The minimum atomic E-state index is 0.585. The van der Waals surface area contributed by atoms with Gasteiger partial charge >= 0.3 is 0 Å². The lowest BCUT2D eigenvalue weighted by Gasteiger charge is -2.04. The highest BCUT2D eigenvalue weighted by Crippen LogP contribution is 2.11. The Morgan fingerprint density at radius 3 is 2.45 bits per heavy atom. The lowest BCUT2D eigenvalue weighted by Crippen LogP contribution is -1.91. The van der Waals surface area contributed by atoms with Crippen molar-refractivity contribution in [1.82, 2.24) is 0 Å². The highest BCUT2D eigenvalue weighted by molar-refractivity contribution is 5.19. The van der Waals surface area contributed by atoms with Crippen molar-refractivity contribution in [3.63, 3.8) is 0 Å². The topological polar surface area (TPSA) is 26.0 Å². The highest BCUT2D eigenvalue weighted by atomic mass is 14.5. The van der Waals surface area contributed by atoms with E-state index in [1.165, 1.54) is 12.0 Å². The van der Waals surface area contributed by atoms with Crippen molar-refractivity contribution in [3.05, 3.63) is 23.9 Å². The normalized spacial score (nSPS) is 13.3. The Hall–Kier alpha value is -0.720. The number of unbranched alkanes of at least 4 members (excludes halogenated alkanes) is 1. The van der Waals surface area contributed by atoms with Crippen molar-refractivity contribution >= 4 is 0 Å². The Morgan fingerprint density at radius 1 is 1.45 bits per heavy atom. The van der Waals surface area contributed by atoms with E-state index < -0.39 is 0 Å². The van der Waals surface area contributed by atoms with Crippen LogP contribution in [0.15, 0.2) is 23.9 Å². The van der Waals surface area contributed by atoms with Crippen LogP contribution in [0.4, 0.5) is 0 Å². The average molecular weight is 153 g/mol. The maximum absolute atomic E-state index is 5.32. The zero-order valence-corrected chi connectivity index (χ0v) is 7.80. The number of hydrogen-bond donors (Lipinski definition) is 1. The standard InChI is InChI=1S/C10H19N/c1-4-5-6-10(7-8-11)9(2)3/h6-9H,4-5,11H2,1-3H3/b8-7-,10-6+. The first-order valence-electron chi connectivity index (χ1n) is 4.30. The van der Waals surface area contributed by atoms with Gasteiger partial charge in [-0.1, -0.05) is 33.3 Å². The van der Waals surface area contributed by atoms with Gasteiger partial charge in [0.25, 0.3) is 0 Å². The third-order valence-electron chi connectivity index (χ3n) is 1.62. The quantitative estimate of drug-likeness (QED) is 0.617. The maximum Gasteiger partial charge on any atom is -0.00596 e. The van der Waals surface area contributed by atoms with Crippen molar-refractivity contribution in [1.29, 1.82) is 0 Å². The number of nitrogens with two attached hydrogens (primary N) is 1. The summed E-state index contributed by atoms with van der Waals surface area (Å²) in [4.78, 5) is 0. The molecule has 0 saturated carbocycles. The van der Waals surface area contributed by atoms with E-state index in [0.29, 0.717) is 5.92 Å². The van der Waals surface area contributed by atoms with Crippen LogP contribution in [-0.4, -0.2) is 0 Å². The second-order valence-corrected chi connectivity index (χ2v) is 3.01. The van der Waals surface area contributed by atoms with Gasteiger partial charge in [0.1, 0.15) is 0 Å². The SMILES string of the molecule is CCC/C=C(\C=C/N)C(C)C. The zero-order valence-electron chi connectivity index (χ0n) is 7.80. The van der Waals surface area contributed by atoms with Gasteiger partial charge in [-0.15, -0.1) is 0 Å². The Labute approximate surface area is 70.0 Å². The molecular formula is C10H19N. The van der Waals surface area contributed by atoms with E-state index in [1.807, 2.05) is 6.08 Å². The van der Waals surface area contributed by atoms with Gasteiger partial charge in [-0.2, -0.15) is 0 Å². The first kappa shape index (κ1) is 10.3. The monoisotopic (exact) mass is 153 g/mol. The first-order valence-corrected chi connectivity index (χ1v) is 4.30. The molecule has 0 unspecified atom stereocenters. The van der Waals surface area contributed by atoms with Crippen molar-refractivity contribution in [2.24, 2.45) is 11.7 Å². The van der Waals surface area contributed by atoms with E-state index in [2.05, 4.69) is 26.8 Å². The van der Waals surface area contributed by atoms with Crippen molar-refractivity contribution < 1.29 is 0 Å². The molecule has 0 heterocycles. The minimum Gasteiger partial charge on any atom is -0.405 e. The molecule has 11 heavy (non-hydrogen) atoms. The summed E-state index contributed by atoms with van der Waals surface area (Å²) in [5, 5.41) is 0. The van der Waals surface area contributed by atoms with Crippen LogP contribution in [0, 0.1) is 5.92 Å². The van der Waals surface area contributed by atoms with E-state index in [9.17, 15) is 0 Å². The Balaban J connectivity index is 4.08. The number of rotatable bonds is 4. The van der Waals surface area contributed by atoms with Gasteiger partial charge in [-0.3, -0.25) is 0 Å². The van der Waals surface area contributed by atoms with Crippen LogP contribution in [0.25, 0.3) is 0 Å². The Bertz CT molecular complexity index is 143. The van der Waals surface area contributed by atoms with E-state index in [4.69, 9.17) is 5.73 Å². The highest BCUT2D eigenvalue weighted by Gasteiger charge is 1.96. The van der Waals surface area contributed by atoms with Crippen LogP contribution in [-0.2, 0) is 0 Å². The predicted molar refractivity (Wildman–Crippen MR) is 51.2 cm³/mol. The molecule has 0 aromatic carbocycles. The summed E-state index contributed by atoms with van der Waals surface area (Å²) in [5.74, 6) is 0.585. The smallest absolute Gasteiger partial charge is 0.00596 e.